The molecule has 0 unspecified atom stereocenters. The van der Waals surface area contributed by atoms with Crippen LogP contribution in [0, 0.1) is 0 Å². The molecule has 3 heterocycles. The number of aromatic nitrogens is 1. The molecule has 2 aliphatic rings. The number of pyridine rings is 1. The Morgan fingerprint density at radius 3 is 2.64 bits per heavy atom. The van der Waals surface area contributed by atoms with E-state index in [1.54, 1.807) is 40.3 Å². The van der Waals surface area contributed by atoms with Crippen molar-refractivity contribution in [3.05, 3.63) is 71.4 Å². The zero-order chi connectivity index (χ0) is 25.0. The SMILES string of the molecule is O=C(C[C@@]1(COc2cccc(Cl)c2)CN(C(=O)c2cnc3ccccc3c2)CCO1)N1CCOCC1. The first-order valence-corrected chi connectivity index (χ1v) is 12.4. The number of rotatable bonds is 6. The van der Waals surface area contributed by atoms with Gasteiger partial charge >= 0.3 is 0 Å². The molecule has 36 heavy (non-hydrogen) atoms. The number of hydrogen-bond donors (Lipinski definition) is 0. The van der Waals surface area contributed by atoms with Crippen molar-refractivity contribution in [1.29, 1.82) is 0 Å². The lowest BCUT2D eigenvalue weighted by Crippen LogP contribution is -2.58. The number of carbonyl (C=O) groups is 2. The molecule has 0 bridgehead atoms. The van der Waals surface area contributed by atoms with Gasteiger partial charge in [-0.2, -0.15) is 0 Å². The van der Waals surface area contributed by atoms with E-state index in [4.69, 9.17) is 25.8 Å². The average molecular weight is 510 g/mol. The van der Waals surface area contributed by atoms with E-state index in [-0.39, 0.29) is 31.4 Å². The molecule has 3 aromatic rings. The molecule has 5 rings (SSSR count). The summed E-state index contributed by atoms with van der Waals surface area (Å²) in [6, 6.07) is 16.6. The predicted octanol–water partition coefficient (Wildman–Crippen LogP) is 3.43. The van der Waals surface area contributed by atoms with Crippen molar-refractivity contribution >= 4 is 34.3 Å². The topological polar surface area (TPSA) is 81.2 Å². The monoisotopic (exact) mass is 509 g/mol. The van der Waals surface area contributed by atoms with E-state index in [1.807, 2.05) is 30.3 Å². The first-order chi connectivity index (χ1) is 17.5. The maximum Gasteiger partial charge on any atom is 0.255 e. The van der Waals surface area contributed by atoms with Crippen LogP contribution < -0.4 is 4.74 Å². The molecule has 2 aromatic carbocycles. The number of amides is 2. The highest BCUT2D eigenvalue weighted by Crippen LogP contribution is 2.28. The minimum Gasteiger partial charge on any atom is -0.490 e. The number of carbonyl (C=O) groups excluding carboxylic acids is 2. The first kappa shape index (κ1) is 24.5. The van der Waals surface area contributed by atoms with Gasteiger partial charge in [0.15, 0.2) is 0 Å². The van der Waals surface area contributed by atoms with Crippen LogP contribution in [0.1, 0.15) is 16.8 Å². The van der Waals surface area contributed by atoms with Crippen molar-refractivity contribution in [3.63, 3.8) is 0 Å². The molecular weight excluding hydrogens is 482 g/mol. The molecule has 0 saturated carbocycles. The van der Waals surface area contributed by atoms with Crippen molar-refractivity contribution in [3.8, 4) is 5.75 Å². The summed E-state index contributed by atoms with van der Waals surface area (Å²) in [5.74, 6) is 0.378. The maximum atomic E-state index is 13.5. The standard InChI is InChI=1S/C27H28ClN3O5/c28-22-5-3-6-23(15-22)35-19-27(16-25(32)30-8-11-34-12-9-30)18-31(10-13-36-27)26(33)21-14-20-4-1-2-7-24(20)29-17-21/h1-7,14-15,17H,8-13,16,18-19H2/t27-/m0/s1. The molecule has 0 aliphatic carbocycles. The quantitative estimate of drug-likeness (QED) is 0.506. The number of ether oxygens (including phenoxy) is 3. The van der Waals surface area contributed by atoms with Crippen molar-refractivity contribution in [2.45, 2.75) is 12.0 Å². The lowest BCUT2D eigenvalue weighted by Gasteiger charge is -2.43. The molecule has 0 N–H and O–H groups in total. The van der Waals surface area contributed by atoms with Crippen molar-refractivity contribution < 1.29 is 23.8 Å². The Balaban J connectivity index is 1.37. The van der Waals surface area contributed by atoms with Crippen LogP contribution in [0.3, 0.4) is 0 Å². The van der Waals surface area contributed by atoms with E-state index in [0.717, 1.165) is 10.9 Å². The van der Waals surface area contributed by atoms with Gasteiger partial charge in [0.2, 0.25) is 5.91 Å². The van der Waals surface area contributed by atoms with E-state index >= 15 is 0 Å². The number of nitrogens with zero attached hydrogens (tertiary/aromatic N) is 3. The van der Waals surface area contributed by atoms with Gasteiger partial charge in [-0.25, -0.2) is 0 Å². The third-order valence-corrected chi connectivity index (χ3v) is 6.74. The Bertz CT molecular complexity index is 1250. The Morgan fingerprint density at radius 2 is 1.81 bits per heavy atom. The minimum atomic E-state index is -1.00. The fraction of sp³-hybridized carbons (Fsp3) is 0.370. The zero-order valence-corrected chi connectivity index (χ0v) is 20.7. The van der Waals surface area contributed by atoms with Crippen LogP contribution in [-0.4, -0.2) is 84.8 Å². The molecule has 0 spiro atoms. The summed E-state index contributed by atoms with van der Waals surface area (Å²) >= 11 is 6.12. The third kappa shape index (κ3) is 5.61. The molecule has 2 aliphatic heterocycles. The van der Waals surface area contributed by atoms with Gasteiger partial charge < -0.3 is 24.0 Å². The fourth-order valence-corrected chi connectivity index (χ4v) is 4.79. The van der Waals surface area contributed by atoms with Gasteiger partial charge in [-0.1, -0.05) is 35.9 Å². The molecule has 0 radical (unpaired) electrons. The fourth-order valence-electron chi connectivity index (χ4n) is 4.61. The summed E-state index contributed by atoms with van der Waals surface area (Å²) in [6.45, 7) is 3.12. The van der Waals surface area contributed by atoms with Crippen molar-refractivity contribution in [1.82, 2.24) is 14.8 Å². The van der Waals surface area contributed by atoms with E-state index in [0.29, 0.717) is 55.8 Å². The zero-order valence-electron chi connectivity index (χ0n) is 19.9. The second-order valence-electron chi connectivity index (χ2n) is 9.09. The lowest BCUT2D eigenvalue weighted by atomic mass is 9.96. The Labute approximate surface area is 214 Å². The molecule has 1 aromatic heterocycles. The van der Waals surface area contributed by atoms with Crippen LogP contribution in [0.5, 0.6) is 5.75 Å². The number of benzene rings is 2. The second-order valence-corrected chi connectivity index (χ2v) is 9.53. The highest BCUT2D eigenvalue weighted by Gasteiger charge is 2.42. The van der Waals surface area contributed by atoms with Crippen LogP contribution in [0.15, 0.2) is 60.8 Å². The molecule has 2 fully saturated rings. The van der Waals surface area contributed by atoms with E-state index < -0.39 is 5.60 Å². The van der Waals surface area contributed by atoms with Crippen LogP contribution >= 0.6 is 11.6 Å². The summed E-state index contributed by atoms with van der Waals surface area (Å²) in [5.41, 5.74) is 0.326. The van der Waals surface area contributed by atoms with Crippen LogP contribution in [-0.2, 0) is 14.3 Å². The van der Waals surface area contributed by atoms with Gasteiger partial charge in [-0.3, -0.25) is 14.6 Å². The van der Waals surface area contributed by atoms with E-state index in [2.05, 4.69) is 4.98 Å². The van der Waals surface area contributed by atoms with Crippen molar-refractivity contribution in [2.24, 2.45) is 0 Å². The molecule has 2 saturated heterocycles. The van der Waals surface area contributed by atoms with Gasteiger partial charge in [0.1, 0.15) is 18.0 Å². The number of fused-ring (bicyclic) bond motifs is 1. The van der Waals surface area contributed by atoms with Gasteiger partial charge in [0.05, 0.1) is 43.9 Å². The summed E-state index contributed by atoms with van der Waals surface area (Å²) in [5, 5.41) is 1.45. The Morgan fingerprint density at radius 1 is 1.00 bits per heavy atom. The molecule has 1 atom stereocenters. The maximum absolute atomic E-state index is 13.5. The van der Waals surface area contributed by atoms with Gasteiger partial charge in [0.25, 0.3) is 5.91 Å². The lowest BCUT2D eigenvalue weighted by molar-refractivity contribution is -0.155. The van der Waals surface area contributed by atoms with Gasteiger partial charge in [-0.05, 0) is 30.3 Å². The molecular formula is C27H28ClN3O5. The predicted molar refractivity (Wildman–Crippen MR) is 135 cm³/mol. The Hall–Kier alpha value is -3.20. The summed E-state index contributed by atoms with van der Waals surface area (Å²) in [7, 11) is 0. The van der Waals surface area contributed by atoms with Crippen molar-refractivity contribution in [2.75, 3.05) is 52.6 Å². The normalized spacial score (nSPS) is 20.4. The number of morpholine rings is 2. The van der Waals surface area contributed by atoms with Gasteiger partial charge in [0, 0.05) is 36.2 Å². The smallest absolute Gasteiger partial charge is 0.255 e. The molecule has 188 valence electrons. The average Bonchev–Trinajstić information content (AvgIpc) is 2.92. The van der Waals surface area contributed by atoms with Crippen LogP contribution in [0.25, 0.3) is 10.9 Å². The molecule has 8 nitrogen and oxygen atoms in total. The molecule has 2 amide bonds. The summed E-state index contributed by atoms with van der Waals surface area (Å²) in [4.78, 5) is 34.7. The van der Waals surface area contributed by atoms with E-state index in [9.17, 15) is 9.59 Å². The summed E-state index contributed by atoms with van der Waals surface area (Å²) < 4.78 is 17.7. The number of para-hydroxylation sites is 1. The Kier molecular flexibility index (Phi) is 7.36. The molecule has 9 heteroatoms. The highest BCUT2D eigenvalue weighted by molar-refractivity contribution is 6.30. The third-order valence-electron chi connectivity index (χ3n) is 6.51. The largest absolute Gasteiger partial charge is 0.490 e. The van der Waals surface area contributed by atoms with E-state index in [1.165, 1.54) is 0 Å². The second kappa shape index (κ2) is 10.8. The first-order valence-electron chi connectivity index (χ1n) is 12.0. The highest BCUT2D eigenvalue weighted by atomic mass is 35.5. The van der Waals surface area contributed by atoms with Gasteiger partial charge in [-0.15, -0.1) is 0 Å². The number of halogens is 1. The van der Waals surface area contributed by atoms with Crippen LogP contribution in [0.4, 0.5) is 0 Å². The van der Waals surface area contributed by atoms with Crippen LogP contribution in [0.2, 0.25) is 5.02 Å². The summed E-state index contributed by atoms with van der Waals surface area (Å²) in [6.07, 6.45) is 1.69. The number of hydrogen-bond acceptors (Lipinski definition) is 6. The minimum absolute atomic E-state index is 0.0466.